The van der Waals surface area contributed by atoms with Crippen molar-refractivity contribution >= 4 is 47.0 Å². The molecule has 0 aliphatic rings. The van der Waals surface area contributed by atoms with Gasteiger partial charge in [-0.05, 0) is 71.5 Å². The fourth-order valence-electron chi connectivity index (χ4n) is 7.51. The number of aliphatic hydroxyl groups excluding tert-OH is 2. The number of primary amides is 2. The van der Waals surface area contributed by atoms with Crippen molar-refractivity contribution in [3.8, 4) is 34.1 Å². The van der Waals surface area contributed by atoms with Crippen LogP contribution in [-0.4, -0.2) is 79.4 Å². The summed E-state index contributed by atoms with van der Waals surface area (Å²) in [5.74, 6) is -2.11. The maximum absolute atomic E-state index is 11.8. The third kappa shape index (κ3) is 15.3. The molecule has 6 rings (SSSR count). The molecule has 378 valence electrons. The molecule has 4 aromatic carbocycles. The third-order valence-corrected chi connectivity index (χ3v) is 11.9. The number of benzene rings is 4. The number of rotatable bonds is 27. The smallest absolute Gasteiger partial charge is 0.306 e. The first-order chi connectivity index (χ1) is 34.4. The summed E-state index contributed by atoms with van der Waals surface area (Å²) in [4.78, 5) is 53.9. The molecule has 0 aliphatic carbocycles. The molecule has 2 amide bonds. The van der Waals surface area contributed by atoms with E-state index in [2.05, 4.69) is 20.6 Å². The molecule has 72 heavy (non-hydrogen) atoms. The minimum atomic E-state index is -1.13. The molecule has 0 bridgehead atoms. The van der Waals surface area contributed by atoms with Crippen molar-refractivity contribution in [2.24, 2.45) is 11.5 Å². The maximum Gasteiger partial charge on any atom is 0.306 e. The Kier molecular flexibility index (Phi) is 19.3. The number of carbonyl (C=O) groups excluding carboxylic acids is 2. The van der Waals surface area contributed by atoms with Crippen molar-refractivity contribution in [2.45, 2.75) is 78.4 Å². The average molecular weight is 1030 g/mol. The molecule has 0 saturated heterocycles. The Labute approximate surface area is 424 Å². The van der Waals surface area contributed by atoms with E-state index in [-0.39, 0.29) is 73.8 Å². The first-order valence-electron chi connectivity index (χ1n) is 22.5. The average Bonchev–Trinajstić information content (AvgIpc) is 3.33. The Balaban J connectivity index is 1.19. The number of carboxylic acids is 2. The minimum absolute atomic E-state index is 0.000622. The largest absolute Gasteiger partial charge is 0.488 e. The molecular formula is C52H54Cl2N6O12. The predicted octanol–water partition coefficient (Wildman–Crippen LogP) is 6.43. The van der Waals surface area contributed by atoms with Crippen LogP contribution in [0.15, 0.2) is 97.6 Å². The van der Waals surface area contributed by atoms with Crippen LogP contribution < -0.4 is 41.0 Å². The SMILES string of the molecule is Cc1c(COc2cc(OCc3cncc(C(N)=O)c3)c(CNCC(O)CC(=O)O)cc2Cl)cccc1-c1cccc(COc2cc(OCc3cncc(C(N)=O)c3)c(CNCC(O)CC(=O)O)cc2Cl)c1C. The molecule has 20 heteroatoms. The molecule has 10 N–H and O–H groups in total. The molecule has 0 fully saturated rings. The summed E-state index contributed by atoms with van der Waals surface area (Å²) in [5.41, 5.74) is 19.3. The van der Waals surface area contributed by atoms with Crippen LogP contribution in [0.3, 0.4) is 0 Å². The lowest BCUT2D eigenvalue weighted by Gasteiger charge is -2.19. The lowest BCUT2D eigenvalue weighted by atomic mass is 9.92. The normalized spacial score (nSPS) is 11.9. The summed E-state index contributed by atoms with van der Waals surface area (Å²) in [5, 5.41) is 45.0. The van der Waals surface area contributed by atoms with Gasteiger partial charge in [-0.3, -0.25) is 29.1 Å². The number of aliphatic hydroxyl groups is 2. The number of hydrogen-bond acceptors (Lipinski definition) is 14. The Morgan fingerprint density at radius 2 is 0.944 bits per heavy atom. The van der Waals surface area contributed by atoms with Gasteiger partial charge in [0.15, 0.2) is 0 Å². The topological polar surface area (TPSA) is 288 Å². The highest BCUT2D eigenvalue weighted by atomic mass is 35.5. The molecule has 18 nitrogen and oxygen atoms in total. The van der Waals surface area contributed by atoms with Crippen LogP contribution in [0.25, 0.3) is 11.1 Å². The second-order valence-corrected chi connectivity index (χ2v) is 17.6. The van der Waals surface area contributed by atoms with E-state index in [1.807, 2.05) is 50.2 Å². The highest BCUT2D eigenvalue weighted by molar-refractivity contribution is 6.32. The number of hydrogen-bond donors (Lipinski definition) is 8. The van der Waals surface area contributed by atoms with E-state index in [0.29, 0.717) is 45.3 Å². The molecule has 2 heterocycles. The first kappa shape index (κ1) is 54.0. The number of pyridine rings is 2. The van der Waals surface area contributed by atoms with Crippen LogP contribution in [0.2, 0.25) is 10.0 Å². The standard InChI is InChI=1S/C52H54Cl2N6O12/c1-29-33(27-71-47-15-45(69-25-31-9-37(51(55)67)21-57-17-31)35(11-43(47)53)19-59-23-39(61)13-49(63)64)5-3-7-41(29)42-8-4-6-34(30(42)2)28-72-48-16-46(70-26-32-10-38(52(56)68)22-58-18-32)36(12-44(48)54)20-60-24-40(62)14-50(65)66/h3-12,15-18,21-22,39-40,59-62H,13-14,19-20,23-28H2,1-2H3,(H2,55,67)(H2,56,68)(H,63,64)(H,65,66). The molecule has 2 atom stereocenters. The van der Waals surface area contributed by atoms with E-state index < -0.39 is 48.8 Å². The van der Waals surface area contributed by atoms with Crippen molar-refractivity contribution in [2.75, 3.05) is 13.1 Å². The lowest BCUT2D eigenvalue weighted by Crippen LogP contribution is -2.28. The molecule has 0 saturated carbocycles. The zero-order chi connectivity index (χ0) is 51.9. The van der Waals surface area contributed by atoms with Crippen molar-refractivity contribution in [1.29, 1.82) is 0 Å². The van der Waals surface area contributed by atoms with Gasteiger partial charge in [0.05, 0.1) is 46.2 Å². The zero-order valence-corrected chi connectivity index (χ0v) is 40.8. The van der Waals surface area contributed by atoms with Gasteiger partial charge < -0.3 is 61.5 Å². The third-order valence-electron chi connectivity index (χ3n) is 11.3. The van der Waals surface area contributed by atoms with E-state index in [4.69, 9.17) is 63.8 Å². The van der Waals surface area contributed by atoms with Gasteiger partial charge in [0.25, 0.3) is 0 Å². The van der Waals surface area contributed by atoms with Gasteiger partial charge in [0.2, 0.25) is 11.8 Å². The number of aromatic nitrogens is 2. The van der Waals surface area contributed by atoms with Crippen molar-refractivity contribution in [3.05, 3.63) is 163 Å². The predicted molar refractivity (Wildman–Crippen MR) is 267 cm³/mol. The summed E-state index contributed by atoms with van der Waals surface area (Å²) in [6.45, 7) is 4.63. The molecule has 6 aromatic rings. The highest BCUT2D eigenvalue weighted by Gasteiger charge is 2.19. The van der Waals surface area contributed by atoms with Crippen LogP contribution in [0.4, 0.5) is 0 Å². The number of nitrogens with one attached hydrogen (secondary N) is 2. The molecular weight excluding hydrogens is 972 g/mol. The second kappa shape index (κ2) is 25.7. The Morgan fingerprint density at radius 3 is 1.32 bits per heavy atom. The lowest BCUT2D eigenvalue weighted by molar-refractivity contribution is -0.140. The van der Waals surface area contributed by atoms with Crippen molar-refractivity contribution in [1.82, 2.24) is 20.6 Å². The van der Waals surface area contributed by atoms with Crippen molar-refractivity contribution in [3.63, 3.8) is 0 Å². The van der Waals surface area contributed by atoms with Gasteiger partial charge in [-0.1, -0.05) is 59.6 Å². The zero-order valence-electron chi connectivity index (χ0n) is 39.3. The number of halogens is 2. The quantitative estimate of drug-likeness (QED) is 0.0276. The van der Waals surface area contributed by atoms with Gasteiger partial charge in [0.1, 0.15) is 49.4 Å². The van der Waals surface area contributed by atoms with Crippen LogP contribution in [0, 0.1) is 13.8 Å². The first-order valence-corrected chi connectivity index (χ1v) is 23.2. The fourth-order valence-corrected chi connectivity index (χ4v) is 7.99. The van der Waals surface area contributed by atoms with Gasteiger partial charge in [0, 0.05) is 85.4 Å². The van der Waals surface area contributed by atoms with E-state index in [0.717, 1.165) is 33.4 Å². The highest BCUT2D eigenvalue weighted by Crippen LogP contribution is 2.37. The van der Waals surface area contributed by atoms with Gasteiger partial charge >= 0.3 is 11.9 Å². The van der Waals surface area contributed by atoms with E-state index in [9.17, 15) is 29.4 Å². The second-order valence-electron chi connectivity index (χ2n) is 16.8. The Bertz CT molecular complexity index is 2730. The number of carbonyl (C=O) groups is 4. The monoisotopic (exact) mass is 1020 g/mol. The number of amides is 2. The Morgan fingerprint density at radius 1 is 0.556 bits per heavy atom. The summed E-state index contributed by atoms with van der Waals surface area (Å²) < 4.78 is 25.1. The maximum atomic E-state index is 11.8. The van der Waals surface area contributed by atoms with Gasteiger partial charge in [-0.25, -0.2) is 0 Å². The van der Waals surface area contributed by atoms with Gasteiger partial charge in [-0.2, -0.15) is 0 Å². The fraction of sp³-hybridized carbons (Fsp3) is 0.269. The number of ether oxygens (including phenoxy) is 4. The molecule has 0 spiro atoms. The number of nitrogens with two attached hydrogens (primary N) is 2. The number of aliphatic carboxylic acids is 2. The van der Waals surface area contributed by atoms with Crippen molar-refractivity contribution < 1.29 is 58.6 Å². The van der Waals surface area contributed by atoms with Crippen LogP contribution in [0.1, 0.15) is 78.1 Å². The van der Waals surface area contributed by atoms with E-state index in [1.54, 1.807) is 48.8 Å². The summed E-state index contributed by atoms with van der Waals surface area (Å²) in [7, 11) is 0. The molecule has 2 unspecified atom stereocenters. The van der Waals surface area contributed by atoms with E-state index in [1.165, 1.54) is 12.4 Å². The molecule has 0 aliphatic heterocycles. The Hall–Kier alpha value is -7.32. The number of nitrogens with zero attached hydrogens (tertiary/aromatic N) is 2. The van der Waals surface area contributed by atoms with Gasteiger partial charge in [-0.15, -0.1) is 0 Å². The van der Waals surface area contributed by atoms with Crippen LogP contribution in [0.5, 0.6) is 23.0 Å². The minimum Gasteiger partial charge on any atom is -0.488 e. The van der Waals surface area contributed by atoms with Crippen LogP contribution in [-0.2, 0) is 49.1 Å². The summed E-state index contributed by atoms with van der Waals surface area (Å²) in [6.07, 6.45) is 2.71. The number of carboxylic acid groups (broad SMARTS) is 2. The summed E-state index contributed by atoms with van der Waals surface area (Å²) in [6, 6.07) is 21.6. The summed E-state index contributed by atoms with van der Waals surface area (Å²) >= 11 is 13.6. The van der Waals surface area contributed by atoms with E-state index >= 15 is 0 Å². The molecule has 0 radical (unpaired) electrons. The van der Waals surface area contributed by atoms with Crippen LogP contribution >= 0.6 is 23.2 Å². The molecule has 2 aromatic heterocycles.